The van der Waals surface area contributed by atoms with E-state index in [-0.39, 0.29) is 5.97 Å². The molecule has 19 heavy (non-hydrogen) atoms. The molecule has 0 radical (unpaired) electrons. The summed E-state index contributed by atoms with van der Waals surface area (Å²) in [6.07, 6.45) is 0.837. The average Bonchev–Trinajstić information content (AvgIpc) is 2.81. The fraction of sp³-hybridized carbons (Fsp3) is 0.533. The number of esters is 1. The summed E-state index contributed by atoms with van der Waals surface area (Å²) < 4.78 is 5.25. The van der Waals surface area contributed by atoms with E-state index in [1.807, 2.05) is 36.9 Å². The Balaban J connectivity index is 2.04. The standard InChI is InChI=1S/C15H21NO2S/c1-3-18-14(17)15(9-12(2)19-11-15)16-10-13-7-5-4-6-8-13/h4-8,12,16H,3,9-11H2,1-2H3. The Bertz CT molecular complexity index is 423. The molecule has 2 rings (SSSR count). The number of nitrogens with one attached hydrogen (secondary N) is 1. The van der Waals surface area contributed by atoms with Gasteiger partial charge in [0.25, 0.3) is 0 Å². The number of thioether (sulfide) groups is 1. The number of benzene rings is 1. The largest absolute Gasteiger partial charge is 0.465 e. The van der Waals surface area contributed by atoms with Gasteiger partial charge in [0.1, 0.15) is 5.54 Å². The van der Waals surface area contributed by atoms with Crippen molar-refractivity contribution in [1.29, 1.82) is 0 Å². The number of hydrogen-bond donors (Lipinski definition) is 1. The van der Waals surface area contributed by atoms with Crippen LogP contribution in [0.4, 0.5) is 0 Å². The molecule has 0 amide bonds. The van der Waals surface area contributed by atoms with Crippen molar-refractivity contribution in [2.24, 2.45) is 0 Å². The maximum atomic E-state index is 12.2. The van der Waals surface area contributed by atoms with E-state index >= 15 is 0 Å². The number of rotatable bonds is 5. The molecule has 1 aromatic carbocycles. The molecule has 1 fully saturated rings. The molecular weight excluding hydrogens is 258 g/mol. The van der Waals surface area contributed by atoms with E-state index in [1.165, 1.54) is 5.56 Å². The van der Waals surface area contributed by atoms with Crippen LogP contribution in [-0.4, -0.2) is 29.1 Å². The van der Waals surface area contributed by atoms with Gasteiger partial charge in [-0.3, -0.25) is 10.1 Å². The summed E-state index contributed by atoms with van der Waals surface area (Å²) in [5, 5.41) is 3.92. The van der Waals surface area contributed by atoms with Gasteiger partial charge < -0.3 is 4.74 Å². The van der Waals surface area contributed by atoms with Gasteiger partial charge in [-0.15, -0.1) is 0 Å². The molecule has 1 saturated heterocycles. The van der Waals surface area contributed by atoms with Crippen LogP contribution < -0.4 is 5.32 Å². The zero-order chi connectivity index (χ0) is 13.7. The molecule has 1 aliphatic heterocycles. The highest BCUT2D eigenvalue weighted by atomic mass is 32.2. The van der Waals surface area contributed by atoms with Crippen molar-refractivity contribution in [3.05, 3.63) is 35.9 Å². The number of carbonyl (C=O) groups excluding carboxylic acids is 1. The molecule has 1 aliphatic rings. The van der Waals surface area contributed by atoms with Gasteiger partial charge in [-0.25, -0.2) is 0 Å². The van der Waals surface area contributed by atoms with Crippen molar-refractivity contribution in [3.8, 4) is 0 Å². The molecule has 104 valence electrons. The van der Waals surface area contributed by atoms with Crippen LogP contribution in [0.1, 0.15) is 25.8 Å². The summed E-state index contributed by atoms with van der Waals surface area (Å²) in [7, 11) is 0. The summed E-state index contributed by atoms with van der Waals surface area (Å²) >= 11 is 1.83. The van der Waals surface area contributed by atoms with Crippen LogP contribution in [0.2, 0.25) is 0 Å². The molecule has 1 N–H and O–H groups in total. The van der Waals surface area contributed by atoms with Crippen LogP contribution in [0.3, 0.4) is 0 Å². The van der Waals surface area contributed by atoms with Crippen molar-refractivity contribution < 1.29 is 9.53 Å². The Morgan fingerprint density at radius 2 is 2.21 bits per heavy atom. The van der Waals surface area contributed by atoms with Crippen molar-refractivity contribution in [1.82, 2.24) is 5.32 Å². The van der Waals surface area contributed by atoms with E-state index < -0.39 is 5.54 Å². The van der Waals surface area contributed by atoms with Crippen LogP contribution in [0.15, 0.2) is 30.3 Å². The second-order valence-corrected chi connectivity index (χ2v) is 6.39. The van der Waals surface area contributed by atoms with E-state index in [2.05, 4.69) is 24.4 Å². The first kappa shape index (κ1) is 14.4. The highest BCUT2D eigenvalue weighted by Crippen LogP contribution is 2.35. The molecule has 0 bridgehead atoms. The number of carbonyl (C=O) groups is 1. The zero-order valence-electron chi connectivity index (χ0n) is 11.5. The highest BCUT2D eigenvalue weighted by molar-refractivity contribution is 8.00. The van der Waals surface area contributed by atoms with Gasteiger partial charge in [-0.1, -0.05) is 37.3 Å². The van der Waals surface area contributed by atoms with Crippen molar-refractivity contribution in [2.45, 2.75) is 37.6 Å². The van der Waals surface area contributed by atoms with Gasteiger partial charge >= 0.3 is 5.97 Å². The number of hydrogen-bond acceptors (Lipinski definition) is 4. The van der Waals surface area contributed by atoms with Crippen LogP contribution >= 0.6 is 11.8 Å². The normalized spacial score (nSPS) is 26.3. The first-order valence-corrected chi connectivity index (χ1v) is 7.79. The van der Waals surface area contributed by atoms with Crippen LogP contribution in [0, 0.1) is 0 Å². The Kier molecular flexibility index (Phi) is 4.88. The third-order valence-corrected chi connectivity index (χ3v) is 4.79. The van der Waals surface area contributed by atoms with Gasteiger partial charge in [0.05, 0.1) is 6.61 Å². The third kappa shape index (κ3) is 3.51. The molecular formula is C15H21NO2S. The number of ether oxygens (including phenoxy) is 1. The molecule has 1 aromatic rings. The monoisotopic (exact) mass is 279 g/mol. The van der Waals surface area contributed by atoms with Crippen molar-refractivity contribution in [2.75, 3.05) is 12.4 Å². The van der Waals surface area contributed by atoms with Crippen LogP contribution in [0.5, 0.6) is 0 Å². The lowest BCUT2D eigenvalue weighted by Crippen LogP contribution is -2.53. The minimum Gasteiger partial charge on any atom is -0.465 e. The minimum absolute atomic E-state index is 0.109. The summed E-state index contributed by atoms with van der Waals surface area (Å²) in [6, 6.07) is 10.2. The van der Waals surface area contributed by atoms with Gasteiger partial charge in [0, 0.05) is 17.5 Å². The molecule has 4 heteroatoms. The van der Waals surface area contributed by atoms with E-state index in [1.54, 1.807) is 0 Å². The summed E-state index contributed by atoms with van der Waals surface area (Å²) in [5.74, 6) is 0.683. The molecule has 0 saturated carbocycles. The maximum absolute atomic E-state index is 12.2. The molecule has 0 spiro atoms. The molecule has 0 aliphatic carbocycles. The fourth-order valence-electron chi connectivity index (χ4n) is 2.37. The quantitative estimate of drug-likeness (QED) is 0.841. The smallest absolute Gasteiger partial charge is 0.327 e. The van der Waals surface area contributed by atoms with Gasteiger partial charge in [-0.05, 0) is 18.9 Å². The Morgan fingerprint density at radius 3 is 2.79 bits per heavy atom. The lowest BCUT2D eigenvalue weighted by molar-refractivity contribution is -0.150. The van der Waals surface area contributed by atoms with Crippen molar-refractivity contribution in [3.63, 3.8) is 0 Å². The second kappa shape index (κ2) is 6.44. The predicted molar refractivity (Wildman–Crippen MR) is 79.2 cm³/mol. The van der Waals surface area contributed by atoms with E-state index in [9.17, 15) is 4.79 Å². The van der Waals surface area contributed by atoms with Gasteiger partial charge in [0.15, 0.2) is 0 Å². The van der Waals surface area contributed by atoms with Gasteiger partial charge in [0.2, 0.25) is 0 Å². The molecule has 3 nitrogen and oxygen atoms in total. The van der Waals surface area contributed by atoms with Gasteiger partial charge in [-0.2, -0.15) is 11.8 Å². The van der Waals surface area contributed by atoms with Crippen LogP contribution in [-0.2, 0) is 16.1 Å². The Hall–Kier alpha value is -1.00. The predicted octanol–water partition coefficient (Wildman–Crippen LogP) is 2.60. The Morgan fingerprint density at radius 1 is 1.47 bits per heavy atom. The van der Waals surface area contributed by atoms with E-state index in [4.69, 9.17) is 4.74 Å². The average molecular weight is 279 g/mol. The fourth-order valence-corrected chi connectivity index (χ4v) is 3.68. The lowest BCUT2D eigenvalue weighted by atomic mass is 9.96. The summed E-state index contributed by atoms with van der Waals surface area (Å²) in [5.41, 5.74) is 0.673. The summed E-state index contributed by atoms with van der Waals surface area (Å²) in [4.78, 5) is 12.2. The first-order valence-electron chi connectivity index (χ1n) is 6.74. The zero-order valence-corrected chi connectivity index (χ0v) is 12.3. The molecule has 2 atom stereocenters. The van der Waals surface area contributed by atoms with E-state index in [0.29, 0.717) is 18.4 Å². The maximum Gasteiger partial charge on any atom is 0.327 e. The third-order valence-electron chi connectivity index (χ3n) is 3.39. The molecule has 1 heterocycles. The van der Waals surface area contributed by atoms with Crippen LogP contribution in [0.25, 0.3) is 0 Å². The summed E-state index contributed by atoms with van der Waals surface area (Å²) in [6.45, 7) is 5.16. The SMILES string of the molecule is CCOC(=O)C1(NCc2ccccc2)CSC(C)C1. The topological polar surface area (TPSA) is 38.3 Å². The minimum atomic E-state index is -0.518. The highest BCUT2D eigenvalue weighted by Gasteiger charge is 2.45. The first-order chi connectivity index (χ1) is 9.16. The van der Waals surface area contributed by atoms with Crippen molar-refractivity contribution >= 4 is 17.7 Å². The van der Waals surface area contributed by atoms with E-state index in [0.717, 1.165) is 12.2 Å². The lowest BCUT2D eigenvalue weighted by Gasteiger charge is -2.27. The Labute approximate surface area is 119 Å². The second-order valence-electron chi connectivity index (χ2n) is 4.97. The molecule has 0 aromatic heterocycles. The molecule has 2 unspecified atom stereocenters.